The zero-order chi connectivity index (χ0) is 10.6. The van der Waals surface area contributed by atoms with Crippen LogP contribution < -0.4 is 5.32 Å². The minimum atomic E-state index is -0.515. The van der Waals surface area contributed by atoms with Crippen LogP contribution in [0.5, 0.6) is 5.75 Å². The Morgan fingerprint density at radius 3 is 2.93 bits per heavy atom. The summed E-state index contributed by atoms with van der Waals surface area (Å²) in [5, 5.41) is 21.8. The van der Waals surface area contributed by atoms with Gasteiger partial charge in [-0.1, -0.05) is 18.5 Å². The zero-order valence-electron chi connectivity index (χ0n) is 7.79. The Kier molecular flexibility index (Phi) is 3.75. The molecule has 0 amide bonds. The molecule has 1 rings (SSSR count). The Morgan fingerprint density at radius 2 is 2.36 bits per heavy atom. The number of hydrogen-bond donors (Lipinski definition) is 2. The highest BCUT2D eigenvalue weighted by molar-refractivity contribution is 6.30. The van der Waals surface area contributed by atoms with Crippen LogP contribution in [0.3, 0.4) is 0 Å². The van der Waals surface area contributed by atoms with Gasteiger partial charge in [0.25, 0.3) is 0 Å². The summed E-state index contributed by atoms with van der Waals surface area (Å²) in [6, 6.07) is 6.20. The first-order valence-electron chi connectivity index (χ1n) is 4.30. The van der Waals surface area contributed by atoms with E-state index in [0.717, 1.165) is 0 Å². The van der Waals surface area contributed by atoms with E-state index in [4.69, 9.17) is 16.9 Å². The smallest absolute Gasteiger partial charge is 0.124 e. The minimum Gasteiger partial charge on any atom is -0.508 e. The lowest BCUT2D eigenvalue weighted by Gasteiger charge is -2.11. The summed E-state index contributed by atoms with van der Waals surface area (Å²) in [5.74, 6) is 0.0851. The molecule has 4 heteroatoms. The molecule has 0 fully saturated rings. The Bertz CT molecular complexity index is 360. The molecule has 0 aliphatic rings. The summed E-state index contributed by atoms with van der Waals surface area (Å²) in [6.45, 7) is 2.55. The van der Waals surface area contributed by atoms with E-state index in [0.29, 0.717) is 17.1 Å². The number of halogens is 1. The van der Waals surface area contributed by atoms with Gasteiger partial charge in [-0.05, 0) is 24.7 Å². The van der Waals surface area contributed by atoms with Gasteiger partial charge in [-0.25, -0.2) is 0 Å². The summed E-state index contributed by atoms with van der Waals surface area (Å²) in [7, 11) is 0. The maximum Gasteiger partial charge on any atom is 0.124 e. The molecule has 0 aliphatic carbocycles. The van der Waals surface area contributed by atoms with Crippen LogP contribution in [0.4, 0.5) is 0 Å². The molecule has 0 saturated carbocycles. The second-order valence-corrected chi connectivity index (χ2v) is 3.26. The highest BCUT2D eigenvalue weighted by atomic mass is 35.5. The number of aromatic hydroxyl groups is 1. The van der Waals surface area contributed by atoms with Crippen molar-refractivity contribution < 1.29 is 5.11 Å². The molecule has 0 aliphatic heterocycles. The van der Waals surface area contributed by atoms with Crippen LogP contribution in [0.15, 0.2) is 18.2 Å². The standard InChI is InChI=1S/C10H11ClN2O/c1-2-13-9(6-12)8-5-7(11)3-4-10(8)14/h3-5,9,13-14H,2H2,1H3. The first kappa shape index (κ1) is 10.8. The third-order valence-electron chi connectivity index (χ3n) is 1.84. The number of rotatable bonds is 3. The molecule has 3 nitrogen and oxygen atoms in total. The van der Waals surface area contributed by atoms with Crippen LogP contribution in [0.1, 0.15) is 18.5 Å². The van der Waals surface area contributed by atoms with Crippen LogP contribution in [0, 0.1) is 11.3 Å². The molecule has 14 heavy (non-hydrogen) atoms. The minimum absolute atomic E-state index is 0.0851. The van der Waals surface area contributed by atoms with Gasteiger partial charge in [-0.3, -0.25) is 5.32 Å². The fourth-order valence-electron chi connectivity index (χ4n) is 1.19. The van der Waals surface area contributed by atoms with Gasteiger partial charge in [-0.15, -0.1) is 0 Å². The second kappa shape index (κ2) is 4.85. The molecule has 0 bridgehead atoms. The molecular formula is C10H11ClN2O. The normalized spacial score (nSPS) is 12.1. The molecule has 0 heterocycles. The van der Waals surface area contributed by atoms with Gasteiger partial charge < -0.3 is 5.11 Å². The van der Waals surface area contributed by atoms with Crippen molar-refractivity contribution in [3.63, 3.8) is 0 Å². The van der Waals surface area contributed by atoms with Gasteiger partial charge in [0.1, 0.15) is 11.8 Å². The van der Waals surface area contributed by atoms with Crippen molar-refractivity contribution in [2.45, 2.75) is 13.0 Å². The number of nitrogens with one attached hydrogen (secondary N) is 1. The van der Waals surface area contributed by atoms with E-state index in [9.17, 15) is 5.11 Å². The molecule has 2 N–H and O–H groups in total. The van der Waals surface area contributed by atoms with Crippen molar-refractivity contribution in [3.8, 4) is 11.8 Å². The van der Waals surface area contributed by atoms with Crippen molar-refractivity contribution in [1.29, 1.82) is 5.26 Å². The lowest BCUT2D eigenvalue weighted by atomic mass is 10.1. The summed E-state index contributed by atoms with van der Waals surface area (Å²) in [5.41, 5.74) is 0.516. The van der Waals surface area contributed by atoms with Gasteiger partial charge in [0, 0.05) is 10.6 Å². The predicted molar refractivity (Wildman–Crippen MR) is 55.1 cm³/mol. The molecule has 0 saturated heterocycles. The Balaban J connectivity index is 3.03. The topological polar surface area (TPSA) is 56.0 Å². The summed E-state index contributed by atoms with van der Waals surface area (Å²) in [6.07, 6.45) is 0. The average Bonchev–Trinajstić information content (AvgIpc) is 2.18. The summed E-state index contributed by atoms with van der Waals surface area (Å²) < 4.78 is 0. The Labute approximate surface area is 87.9 Å². The lowest BCUT2D eigenvalue weighted by molar-refractivity contribution is 0.461. The van der Waals surface area contributed by atoms with Gasteiger partial charge >= 0.3 is 0 Å². The molecule has 0 radical (unpaired) electrons. The molecule has 0 spiro atoms. The van der Waals surface area contributed by atoms with Crippen molar-refractivity contribution >= 4 is 11.6 Å². The molecule has 1 aromatic carbocycles. The number of benzene rings is 1. The fourth-order valence-corrected chi connectivity index (χ4v) is 1.37. The third kappa shape index (κ3) is 2.38. The largest absolute Gasteiger partial charge is 0.508 e. The lowest BCUT2D eigenvalue weighted by Crippen LogP contribution is -2.19. The summed E-state index contributed by atoms with van der Waals surface area (Å²) in [4.78, 5) is 0. The fraction of sp³-hybridized carbons (Fsp3) is 0.300. The third-order valence-corrected chi connectivity index (χ3v) is 2.07. The van der Waals surface area contributed by atoms with Crippen LogP contribution in [0.2, 0.25) is 5.02 Å². The van der Waals surface area contributed by atoms with Crippen molar-refractivity contribution in [3.05, 3.63) is 28.8 Å². The van der Waals surface area contributed by atoms with Crippen LogP contribution in [-0.2, 0) is 0 Å². The van der Waals surface area contributed by atoms with Crippen molar-refractivity contribution in [2.75, 3.05) is 6.54 Å². The number of hydrogen-bond acceptors (Lipinski definition) is 3. The van der Waals surface area contributed by atoms with Crippen molar-refractivity contribution in [1.82, 2.24) is 5.32 Å². The van der Waals surface area contributed by atoms with Crippen molar-refractivity contribution in [2.24, 2.45) is 0 Å². The maximum atomic E-state index is 9.51. The van der Waals surface area contributed by atoms with Crippen LogP contribution in [0.25, 0.3) is 0 Å². The van der Waals surface area contributed by atoms with E-state index >= 15 is 0 Å². The maximum absolute atomic E-state index is 9.51. The molecule has 1 aromatic rings. The van der Waals surface area contributed by atoms with Gasteiger partial charge in [-0.2, -0.15) is 5.26 Å². The van der Waals surface area contributed by atoms with Crippen LogP contribution >= 0.6 is 11.6 Å². The van der Waals surface area contributed by atoms with E-state index in [-0.39, 0.29) is 5.75 Å². The van der Waals surface area contributed by atoms with E-state index in [1.54, 1.807) is 12.1 Å². The van der Waals surface area contributed by atoms with E-state index in [1.807, 2.05) is 6.92 Å². The summed E-state index contributed by atoms with van der Waals surface area (Å²) >= 11 is 5.77. The number of nitrogens with zero attached hydrogens (tertiary/aromatic N) is 1. The Hall–Kier alpha value is -1.24. The molecule has 1 unspecified atom stereocenters. The van der Waals surface area contributed by atoms with Gasteiger partial charge in [0.15, 0.2) is 0 Å². The first-order valence-corrected chi connectivity index (χ1v) is 4.68. The van der Waals surface area contributed by atoms with E-state index < -0.39 is 6.04 Å². The SMILES string of the molecule is CCNC(C#N)c1cc(Cl)ccc1O. The van der Waals surface area contributed by atoms with Crippen LogP contribution in [-0.4, -0.2) is 11.7 Å². The predicted octanol–water partition coefficient (Wildman–Crippen LogP) is 2.22. The highest BCUT2D eigenvalue weighted by Gasteiger charge is 2.13. The monoisotopic (exact) mass is 210 g/mol. The highest BCUT2D eigenvalue weighted by Crippen LogP contribution is 2.26. The van der Waals surface area contributed by atoms with Gasteiger partial charge in [0.05, 0.1) is 6.07 Å². The quantitative estimate of drug-likeness (QED) is 0.805. The average molecular weight is 211 g/mol. The second-order valence-electron chi connectivity index (χ2n) is 2.82. The zero-order valence-corrected chi connectivity index (χ0v) is 8.54. The molecule has 1 atom stereocenters. The number of nitriles is 1. The molecule has 0 aromatic heterocycles. The molecule has 74 valence electrons. The van der Waals surface area contributed by atoms with E-state index in [1.165, 1.54) is 6.07 Å². The Morgan fingerprint density at radius 1 is 1.64 bits per heavy atom. The molecular weight excluding hydrogens is 200 g/mol. The first-order chi connectivity index (χ1) is 6.69. The van der Waals surface area contributed by atoms with Gasteiger partial charge in [0.2, 0.25) is 0 Å². The van der Waals surface area contributed by atoms with E-state index in [2.05, 4.69) is 11.4 Å². The number of phenols is 1. The number of phenolic OH excluding ortho intramolecular Hbond substituents is 1.